The van der Waals surface area contributed by atoms with Crippen molar-refractivity contribution >= 4 is 18.0 Å². The predicted octanol–water partition coefficient (Wildman–Crippen LogP) is 2.90. The van der Waals surface area contributed by atoms with Crippen molar-refractivity contribution < 1.29 is 14.7 Å². The van der Waals surface area contributed by atoms with Crippen LogP contribution in [0.5, 0.6) is 0 Å². The van der Waals surface area contributed by atoms with Crippen molar-refractivity contribution in [3.63, 3.8) is 0 Å². The fourth-order valence-corrected chi connectivity index (χ4v) is 2.17. The monoisotopic (exact) mass is 320 g/mol. The first kappa shape index (κ1) is 17.0. The molecule has 5 heteroatoms. The summed E-state index contributed by atoms with van der Waals surface area (Å²) >= 11 is 0. The first-order valence-corrected chi connectivity index (χ1v) is 7.34. The number of nitrogens with zero attached hydrogens (tertiary/aromatic N) is 1. The van der Waals surface area contributed by atoms with E-state index in [-0.39, 0.29) is 12.3 Å². The summed E-state index contributed by atoms with van der Waals surface area (Å²) in [6.07, 6.45) is 2.76. The lowest BCUT2D eigenvalue weighted by atomic mass is 10.0. The third kappa shape index (κ3) is 5.11. The van der Waals surface area contributed by atoms with Crippen molar-refractivity contribution in [1.82, 2.24) is 5.32 Å². The molecule has 0 saturated carbocycles. The Morgan fingerprint density at radius 1 is 1.12 bits per heavy atom. The van der Waals surface area contributed by atoms with Crippen molar-refractivity contribution in [2.24, 2.45) is 0 Å². The zero-order valence-corrected chi connectivity index (χ0v) is 12.8. The Morgan fingerprint density at radius 3 is 2.38 bits per heavy atom. The lowest BCUT2D eigenvalue weighted by Crippen LogP contribution is -2.28. The van der Waals surface area contributed by atoms with Crippen molar-refractivity contribution in [2.45, 2.75) is 12.5 Å². The number of hydrogen-bond acceptors (Lipinski definition) is 3. The maximum absolute atomic E-state index is 12.1. The van der Waals surface area contributed by atoms with Gasteiger partial charge in [0.1, 0.15) is 0 Å². The van der Waals surface area contributed by atoms with Gasteiger partial charge in [0.25, 0.3) is 0 Å². The van der Waals surface area contributed by atoms with E-state index in [4.69, 9.17) is 10.4 Å². The van der Waals surface area contributed by atoms with Crippen LogP contribution in [0.15, 0.2) is 60.7 Å². The van der Waals surface area contributed by atoms with E-state index in [0.717, 1.165) is 11.1 Å². The summed E-state index contributed by atoms with van der Waals surface area (Å²) in [5, 5.41) is 20.5. The van der Waals surface area contributed by atoms with E-state index in [2.05, 4.69) is 5.32 Å². The van der Waals surface area contributed by atoms with Gasteiger partial charge in [-0.1, -0.05) is 42.5 Å². The topological polar surface area (TPSA) is 90.2 Å². The first-order valence-electron chi connectivity index (χ1n) is 7.34. The van der Waals surface area contributed by atoms with Crippen molar-refractivity contribution in [3.05, 3.63) is 77.4 Å². The van der Waals surface area contributed by atoms with E-state index in [9.17, 15) is 9.59 Å². The van der Waals surface area contributed by atoms with Crippen LogP contribution in [0.3, 0.4) is 0 Å². The third-order valence-electron chi connectivity index (χ3n) is 3.36. The zero-order valence-electron chi connectivity index (χ0n) is 12.8. The minimum atomic E-state index is -0.986. The minimum absolute atomic E-state index is 0.194. The number of aliphatic carboxylic acids is 1. The lowest BCUT2D eigenvalue weighted by molar-refractivity contribution is -0.137. The number of nitriles is 1. The second kappa shape index (κ2) is 8.30. The van der Waals surface area contributed by atoms with Crippen molar-refractivity contribution in [3.8, 4) is 6.07 Å². The first-order chi connectivity index (χ1) is 11.6. The van der Waals surface area contributed by atoms with Gasteiger partial charge in [0.05, 0.1) is 24.1 Å². The smallest absolute Gasteiger partial charge is 0.305 e. The number of rotatable bonds is 6. The Hall–Kier alpha value is -3.39. The van der Waals surface area contributed by atoms with Crippen LogP contribution in [0.1, 0.15) is 29.2 Å². The predicted molar refractivity (Wildman–Crippen MR) is 89.8 cm³/mol. The molecule has 5 nitrogen and oxygen atoms in total. The van der Waals surface area contributed by atoms with Crippen molar-refractivity contribution in [1.29, 1.82) is 5.26 Å². The third-order valence-corrected chi connectivity index (χ3v) is 3.36. The molecule has 0 aliphatic carbocycles. The summed E-state index contributed by atoms with van der Waals surface area (Å²) in [4.78, 5) is 23.1. The molecule has 120 valence electrons. The van der Waals surface area contributed by atoms with E-state index in [1.807, 2.05) is 12.1 Å². The number of nitrogens with one attached hydrogen (secondary N) is 1. The highest BCUT2D eigenvalue weighted by Gasteiger charge is 2.16. The number of benzene rings is 2. The maximum Gasteiger partial charge on any atom is 0.305 e. The molecular weight excluding hydrogens is 304 g/mol. The van der Waals surface area contributed by atoms with Gasteiger partial charge in [-0.15, -0.1) is 0 Å². The SMILES string of the molecule is N#Cc1ccc(/C=C/C(=O)N[C@@H](CC(=O)O)c2ccccc2)cc1. The normalized spacial score (nSPS) is 11.6. The molecule has 2 aromatic carbocycles. The van der Waals surface area contributed by atoms with Crippen LogP contribution < -0.4 is 5.32 Å². The maximum atomic E-state index is 12.1. The van der Waals surface area contributed by atoms with Gasteiger partial charge in [-0.05, 0) is 29.3 Å². The van der Waals surface area contributed by atoms with Crippen LogP contribution in [0.4, 0.5) is 0 Å². The molecule has 24 heavy (non-hydrogen) atoms. The number of carbonyl (C=O) groups is 2. The van der Waals surface area contributed by atoms with Gasteiger partial charge in [-0.3, -0.25) is 9.59 Å². The largest absolute Gasteiger partial charge is 0.481 e. The molecule has 0 fully saturated rings. The van der Waals surface area contributed by atoms with Crippen LogP contribution in [0.2, 0.25) is 0 Å². The molecule has 0 unspecified atom stereocenters. The highest BCUT2D eigenvalue weighted by atomic mass is 16.4. The molecule has 0 radical (unpaired) electrons. The van der Waals surface area contributed by atoms with Gasteiger partial charge in [-0.2, -0.15) is 5.26 Å². The molecule has 0 aliphatic rings. The molecule has 0 saturated heterocycles. The molecular formula is C19H16N2O3. The van der Waals surface area contributed by atoms with E-state index < -0.39 is 12.0 Å². The number of carboxylic acids is 1. The van der Waals surface area contributed by atoms with E-state index in [1.165, 1.54) is 6.08 Å². The summed E-state index contributed by atoms with van der Waals surface area (Å²) in [6.45, 7) is 0. The number of carboxylic acid groups (broad SMARTS) is 1. The highest BCUT2D eigenvalue weighted by Crippen LogP contribution is 2.16. The molecule has 2 rings (SSSR count). The standard InChI is InChI=1S/C19H16N2O3/c20-13-15-8-6-14(7-9-15)10-11-18(22)21-17(12-19(23)24)16-4-2-1-3-5-16/h1-11,17H,12H2,(H,21,22)(H,23,24)/b11-10+/t17-/m0/s1. The van der Waals surface area contributed by atoms with E-state index in [1.54, 1.807) is 54.6 Å². The van der Waals surface area contributed by atoms with Gasteiger partial charge in [-0.25, -0.2) is 0 Å². The highest BCUT2D eigenvalue weighted by molar-refractivity contribution is 5.92. The van der Waals surface area contributed by atoms with Gasteiger partial charge >= 0.3 is 5.97 Å². The number of amides is 1. The Balaban J connectivity index is 2.05. The molecule has 0 heterocycles. The van der Waals surface area contributed by atoms with Gasteiger partial charge in [0.2, 0.25) is 5.91 Å². The Bertz CT molecular complexity index is 775. The Morgan fingerprint density at radius 2 is 1.79 bits per heavy atom. The quantitative estimate of drug-likeness (QED) is 0.801. The molecule has 1 atom stereocenters. The molecule has 1 amide bonds. The molecule has 0 spiro atoms. The summed E-state index contributed by atoms with van der Waals surface area (Å²) < 4.78 is 0. The Labute approximate surface area is 139 Å². The number of carbonyl (C=O) groups excluding carboxylic acids is 1. The second-order valence-electron chi connectivity index (χ2n) is 5.14. The van der Waals surface area contributed by atoms with Crippen molar-refractivity contribution in [2.75, 3.05) is 0 Å². The van der Waals surface area contributed by atoms with Crippen LogP contribution >= 0.6 is 0 Å². The molecule has 2 aromatic rings. The van der Waals surface area contributed by atoms with Crippen LogP contribution in [0, 0.1) is 11.3 Å². The summed E-state index contributed by atoms with van der Waals surface area (Å²) in [6, 6.07) is 17.2. The summed E-state index contributed by atoms with van der Waals surface area (Å²) in [5.41, 5.74) is 2.06. The zero-order chi connectivity index (χ0) is 17.4. The summed E-state index contributed by atoms with van der Waals surface area (Å²) in [5.74, 6) is -1.37. The fraction of sp³-hybridized carbons (Fsp3) is 0.105. The molecule has 0 aliphatic heterocycles. The van der Waals surface area contributed by atoms with E-state index in [0.29, 0.717) is 5.56 Å². The summed E-state index contributed by atoms with van der Waals surface area (Å²) in [7, 11) is 0. The molecule has 0 aromatic heterocycles. The van der Waals surface area contributed by atoms with Crippen LogP contribution in [-0.4, -0.2) is 17.0 Å². The fourth-order valence-electron chi connectivity index (χ4n) is 2.17. The van der Waals surface area contributed by atoms with Crippen LogP contribution in [0.25, 0.3) is 6.08 Å². The molecule has 0 bridgehead atoms. The average Bonchev–Trinajstić information content (AvgIpc) is 2.60. The Kier molecular flexibility index (Phi) is 5.87. The van der Waals surface area contributed by atoms with Gasteiger partial charge in [0, 0.05) is 6.08 Å². The number of hydrogen-bond donors (Lipinski definition) is 2. The second-order valence-corrected chi connectivity index (χ2v) is 5.14. The lowest BCUT2D eigenvalue weighted by Gasteiger charge is -2.16. The average molecular weight is 320 g/mol. The van der Waals surface area contributed by atoms with E-state index >= 15 is 0 Å². The van der Waals surface area contributed by atoms with Gasteiger partial charge in [0.15, 0.2) is 0 Å². The minimum Gasteiger partial charge on any atom is -0.481 e. The molecule has 2 N–H and O–H groups in total. The van der Waals surface area contributed by atoms with Gasteiger partial charge < -0.3 is 10.4 Å². The van der Waals surface area contributed by atoms with Crippen LogP contribution in [-0.2, 0) is 9.59 Å².